The van der Waals surface area contributed by atoms with Gasteiger partial charge in [0, 0.05) is 36.2 Å². The van der Waals surface area contributed by atoms with Crippen molar-refractivity contribution >= 4 is 46.6 Å². The molecule has 5 nitrogen and oxygen atoms in total. The fourth-order valence-electron chi connectivity index (χ4n) is 2.95. The van der Waals surface area contributed by atoms with Gasteiger partial charge in [0.2, 0.25) is 5.91 Å². The van der Waals surface area contributed by atoms with Crippen molar-refractivity contribution in [3.8, 4) is 0 Å². The van der Waals surface area contributed by atoms with Gasteiger partial charge < -0.3 is 14.5 Å². The number of halogens is 3. The second-order valence-corrected chi connectivity index (χ2v) is 7.63. The number of nitrogens with zero attached hydrogens (tertiary/aromatic N) is 2. The molecule has 0 aromatic heterocycles. The highest BCUT2D eigenvalue weighted by Crippen LogP contribution is 2.23. The number of hydrogen-bond donors (Lipinski definition) is 0. The quantitative estimate of drug-likeness (QED) is 0.700. The van der Waals surface area contributed by atoms with Crippen LogP contribution in [-0.4, -0.2) is 54.4 Å². The van der Waals surface area contributed by atoms with Crippen molar-refractivity contribution in [3.63, 3.8) is 0 Å². The summed E-state index contributed by atoms with van der Waals surface area (Å²) < 4.78 is 5.50. The van der Waals surface area contributed by atoms with Crippen LogP contribution in [0.5, 0.6) is 0 Å². The van der Waals surface area contributed by atoms with Crippen molar-refractivity contribution in [2.24, 2.45) is 0 Å². The highest BCUT2D eigenvalue weighted by Gasteiger charge is 2.26. The molecule has 0 aliphatic carbocycles. The van der Waals surface area contributed by atoms with E-state index in [-0.39, 0.29) is 25.0 Å². The molecule has 0 unspecified atom stereocenters. The maximum absolute atomic E-state index is 12.6. The van der Waals surface area contributed by atoms with Gasteiger partial charge in [-0.2, -0.15) is 0 Å². The van der Waals surface area contributed by atoms with E-state index in [1.54, 1.807) is 34.1 Å². The van der Waals surface area contributed by atoms with Gasteiger partial charge >= 0.3 is 0 Å². The van der Waals surface area contributed by atoms with E-state index < -0.39 is 0 Å². The molecule has 0 saturated carbocycles. The summed E-state index contributed by atoms with van der Waals surface area (Å²) in [5.41, 5.74) is 1.25. The number of hydrogen-bond acceptors (Lipinski definition) is 3. The predicted molar refractivity (Wildman–Crippen MR) is 110 cm³/mol. The predicted octanol–water partition coefficient (Wildman–Crippen LogP) is 4.15. The molecule has 0 spiro atoms. The first kappa shape index (κ1) is 20.9. The second-order valence-electron chi connectivity index (χ2n) is 6.38. The van der Waals surface area contributed by atoms with Crippen molar-refractivity contribution in [1.82, 2.24) is 9.80 Å². The highest BCUT2D eigenvalue weighted by atomic mass is 35.5. The summed E-state index contributed by atoms with van der Waals surface area (Å²) in [4.78, 5) is 28.3. The molecular formula is C20H19Cl3N2O3. The standard InChI is InChI=1S/C20H19Cl3N2O3/c21-15-5-6-16(18(23)11-15)20(27)25-9-7-24(8-10-25)19(26)13-28-12-14-3-1-2-4-17(14)22/h1-6,11H,7-10,12-13H2. The van der Waals surface area contributed by atoms with E-state index >= 15 is 0 Å². The van der Waals surface area contributed by atoms with Crippen LogP contribution in [0.25, 0.3) is 0 Å². The number of rotatable bonds is 5. The molecule has 0 atom stereocenters. The number of piperazine rings is 1. The maximum Gasteiger partial charge on any atom is 0.255 e. The number of carbonyl (C=O) groups is 2. The van der Waals surface area contributed by atoms with Gasteiger partial charge in [0.05, 0.1) is 17.2 Å². The first-order chi connectivity index (χ1) is 13.5. The number of carbonyl (C=O) groups excluding carboxylic acids is 2. The van der Waals surface area contributed by atoms with Gasteiger partial charge in [-0.25, -0.2) is 0 Å². The van der Waals surface area contributed by atoms with Crippen molar-refractivity contribution in [1.29, 1.82) is 0 Å². The summed E-state index contributed by atoms with van der Waals surface area (Å²) in [6.45, 7) is 2.03. The lowest BCUT2D eigenvalue weighted by molar-refractivity contribution is -0.138. The molecule has 148 valence electrons. The van der Waals surface area contributed by atoms with Crippen LogP contribution in [0.1, 0.15) is 15.9 Å². The third-order valence-electron chi connectivity index (χ3n) is 4.52. The van der Waals surface area contributed by atoms with E-state index in [2.05, 4.69) is 0 Å². The number of amides is 2. The van der Waals surface area contributed by atoms with E-state index in [1.165, 1.54) is 0 Å². The van der Waals surface area contributed by atoms with Crippen molar-refractivity contribution in [2.75, 3.05) is 32.8 Å². The summed E-state index contributed by atoms with van der Waals surface area (Å²) in [5.74, 6) is -0.271. The summed E-state index contributed by atoms with van der Waals surface area (Å²) in [7, 11) is 0. The lowest BCUT2D eigenvalue weighted by atomic mass is 10.1. The van der Waals surface area contributed by atoms with Crippen LogP contribution in [0.2, 0.25) is 15.1 Å². The Bertz CT molecular complexity index is 868. The zero-order chi connectivity index (χ0) is 20.1. The Morgan fingerprint density at radius 3 is 2.25 bits per heavy atom. The molecule has 8 heteroatoms. The molecule has 1 heterocycles. The normalized spacial score (nSPS) is 14.2. The third-order valence-corrected chi connectivity index (χ3v) is 5.44. The molecule has 1 aliphatic heterocycles. The van der Waals surface area contributed by atoms with Crippen LogP contribution in [0, 0.1) is 0 Å². The molecule has 0 bridgehead atoms. The van der Waals surface area contributed by atoms with Gasteiger partial charge in [0.15, 0.2) is 0 Å². The molecule has 1 aliphatic rings. The molecule has 2 aromatic rings. The van der Waals surface area contributed by atoms with E-state index in [0.29, 0.717) is 46.8 Å². The van der Waals surface area contributed by atoms with Gasteiger partial charge in [0.25, 0.3) is 5.91 Å². The smallest absolute Gasteiger partial charge is 0.255 e. The molecule has 3 rings (SSSR count). The average molecular weight is 442 g/mol. The number of benzene rings is 2. The second kappa shape index (κ2) is 9.61. The molecule has 2 amide bonds. The van der Waals surface area contributed by atoms with Gasteiger partial charge in [-0.15, -0.1) is 0 Å². The first-order valence-corrected chi connectivity index (χ1v) is 9.92. The zero-order valence-electron chi connectivity index (χ0n) is 15.0. The largest absolute Gasteiger partial charge is 0.367 e. The molecule has 1 saturated heterocycles. The molecule has 0 radical (unpaired) electrons. The Morgan fingerprint density at radius 2 is 1.57 bits per heavy atom. The molecular weight excluding hydrogens is 423 g/mol. The van der Waals surface area contributed by atoms with Crippen LogP contribution in [0.3, 0.4) is 0 Å². The summed E-state index contributed by atoms with van der Waals surface area (Å²) in [6.07, 6.45) is 0. The Balaban J connectivity index is 1.47. The van der Waals surface area contributed by atoms with Crippen LogP contribution >= 0.6 is 34.8 Å². The summed E-state index contributed by atoms with van der Waals surface area (Å²) in [6, 6.07) is 12.2. The lowest BCUT2D eigenvalue weighted by Crippen LogP contribution is -2.51. The maximum atomic E-state index is 12.6. The minimum atomic E-state index is -0.163. The molecule has 2 aromatic carbocycles. The lowest BCUT2D eigenvalue weighted by Gasteiger charge is -2.35. The van der Waals surface area contributed by atoms with E-state index in [1.807, 2.05) is 18.2 Å². The fraction of sp³-hybridized carbons (Fsp3) is 0.300. The SMILES string of the molecule is O=C(COCc1ccccc1Cl)N1CCN(C(=O)c2ccc(Cl)cc2Cl)CC1. The van der Waals surface area contributed by atoms with Crippen LogP contribution in [0.15, 0.2) is 42.5 Å². The first-order valence-electron chi connectivity index (χ1n) is 8.79. The monoisotopic (exact) mass is 440 g/mol. The van der Waals surface area contributed by atoms with Gasteiger partial charge in [-0.05, 0) is 29.8 Å². The van der Waals surface area contributed by atoms with Crippen molar-refractivity contribution in [3.05, 3.63) is 68.7 Å². The van der Waals surface area contributed by atoms with Gasteiger partial charge in [0.1, 0.15) is 6.61 Å². The fourth-order valence-corrected chi connectivity index (χ4v) is 3.63. The minimum absolute atomic E-state index is 0.0256. The molecule has 0 N–H and O–H groups in total. The number of ether oxygens (including phenoxy) is 1. The summed E-state index contributed by atoms with van der Waals surface area (Å²) >= 11 is 18.1. The van der Waals surface area contributed by atoms with Crippen molar-refractivity contribution in [2.45, 2.75) is 6.61 Å². The van der Waals surface area contributed by atoms with Gasteiger partial charge in [-0.1, -0.05) is 53.0 Å². The van der Waals surface area contributed by atoms with Crippen LogP contribution in [0.4, 0.5) is 0 Å². The third kappa shape index (κ3) is 5.17. The van der Waals surface area contributed by atoms with Crippen LogP contribution < -0.4 is 0 Å². The highest BCUT2D eigenvalue weighted by molar-refractivity contribution is 6.36. The van der Waals surface area contributed by atoms with Crippen molar-refractivity contribution < 1.29 is 14.3 Å². The average Bonchev–Trinajstić information content (AvgIpc) is 2.69. The Labute approximate surface area is 178 Å². The van der Waals surface area contributed by atoms with E-state index in [0.717, 1.165) is 5.56 Å². The Hall–Kier alpha value is -1.79. The minimum Gasteiger partial charge on any atom is -0.367 e. The van der Waals surface area contributed by atoms with E-state index in [9.17, 15) is 9.59 Å². The summed E-state index contributed by atoms with van der Waals surface area (Å²) in [5, 5.41) is 1.42. The van der Waals surface area contributed by atoms with Crippen LogP contribution in [-0.2, 0) is 16.1 Å². The molecule has 1 fully saturated rings. The Morgan fingerprint density at radius 1 is 0.893 bits per heavy atom. The van der Waals surface area contributed by atoms with E-state index in [4.69, 9.17) is 39.5 Å². The Kier molecular flexibility index (Phi) is 7.18. The zero-order valence-corrected chi connectivity index (χ0v) is 17.3. The topological polar surface area (TPSA) is 49.9 Å². The van der Waals surface area contributed by atoms with Gasteiger partial charge in [-0.3, -0.25) is 9.59 Å². The molecule has 28 heavy (non-hydrogen) atoms.